The van der Waals surface area contributed by atoms with Crippen LogP contribution in [0, 0.1) is 0 Å². The molecule has 0 fully saturated rings. The maximum atomic E-state index is 11.2. The topological polar surface area (TPSA) is 49.3 Å². The largest absolute Gasteiger partial charge is 0.480 e. The lowest BCUT2D eigenvalue weighted by Crippen LogP contribution is -2.35. The highest BCUT2D eigenvalue weighted by atomic mass is 32.2. The summed E-state index contributed by atoms with van der Waals surface area (Å²) in [5.41, 5.74) is 1.26. The van der Waals surface area contributed by atoms with Crippen molar-refractivity contribution in [3.63, 3.8) is 0 Å². The zero-order valence-corrected chi connectivity index (χ0v) is 13.6. The molecular formula is C16H25NO2S. The second kappa shape index (κ2) is 7.70. The third kappa shape index (κ3) is 6.44. The Morgan fingerprint density at radius 3 is 2.65 bits per heavy atom. The molecule has 0 heterocycles. The summed E-state index contributed by atoms with van der Waals surface area (Å²) in [6.45, 7) is 9.21. The first-order valence-corrected chi connectivity index (χ1v) is 7.93. The summed E-state index contributed by atoms with van der Waals surface area (Å²) >= 11 is 1.44. The normalized spacial score (nSPS) is 13.2. The molecule has 0 radical (unpaired) electrons. The van der Waals surface area contributed by atoms with Crippen LogP contribution >= 0.6 is 11.8 Å². The second-order valence-electron chi connectivity index (χ2n) is 5.98. The van der Waals surface area contributed by atoms with Crippen molar-refractivity contribution >= 4 is 17.7 Å². The molecule has 1 aromatic carbocycles. The Hall–Kier alpha value is -1.00. The number of nitrogens with one attached hydrogen (secondary N) is 1. The van der Waals surface area contributed by atoms with E-state index in [-0.39, 0.29) is 10.8 Å². The van der Waals surface area contributed by atoms with Crippen LogP contribution in [0.4, 0.5) is 0 Å². The SMILES string of the molecule is CCCC(Sc1cccc(CNC(C)(C)C)c1)C(=O)O. The zero-order chi connectivity index (χ0) is 15.2. The first-order valence-electron chi connectivity index (χ1n) is 7.05. The smallest absolute Gasteiger partial charge is 0.316 e. The number of carbonyl (C=O) groups is 1. The molecule has 0 aliphatic carbocycles. The number of thioether (sulfide) groups is 1. The number of carboxylic acid groups (broad SMARTS) is 1. The molecule has 0 aliphatic heterocycles. The molecule has 1 aromatic rings. The van der Waals surface area contributed by atoms with Crippen LogP contribution < -0.4 is 5.32 Å². The van der Waals surface area contributed by atoms with Crippen LogP contribution in [0.2, 0.25) is 0 Å². The minimum Gasteiger partial charge on any atom is -0.480 e. The van der Waals surface area contributed by atoms with E-state index < -0.39 is 5.97 Å². The first kappa shape index (κ1) is 17.1. The van der Waals surface area contributed by atoms with Crippen LogP contribution in [-0.4, -0.2) is 21.9 Å². The third-order valence-electron chi connectivity index (χ3n) is 2.83. The van der Waals surface area contributed by atoms with Gasteiger partial charge in [-0.25, -0.2) is 0 Å². The summed E-state index contributed by atoms with van der Waals surface area (Å²) in [7, 11) is 0. The average molecular weight is 295 g/mol. The molecule has 0 amide bonds. The van der Waals surface area contributed by atoms with E-state index in [0.29, 0.717) is 6.42 Å². The molecule has 1 rings (SSSR count). The second-order valence-corrected chi connectivity index (χ2v) is 7.26. The lowest BCUT2D eigenvalue weighted by atomic mass is 10.1. The van der Waals surface area contributed by atoms with Crippen molar-refractivity contribution in [3.8, 4) is 0 Å². The van der Waals surface area contributed by atoms with Gasteiger partial charge in [0.15, 0.2) is 0 Å². The molecule has 0 bridgehead atoms. The van der Waals surface area contributed by atoms with E-state index in [2.05, 4.69) is 38.2 Å². The van der Waals surface area contributed by atoms with Gasteiger partial charge in [0.1, 0.15) is 5.25 Å². The Kier molecular flexibility index (Phi) is 6.56. The number of rotatable bonds is 7. The first-order chi connectivity index (χ1) is 9.31. The Morgan fingerprint density at radius 1 is 1.40 bits per heavy atom. The van der Waals surface area contributed by atoms with Crippen LogP contribution in [0.15, 0.2) is 29.2 Å². The fraction of sp³-hybridized carbons (Fsp3) is 0.562. The average Bonchev–Trinajstić information content (AvgIpc) is 2.35. The van der Waals surface area contributed by atoms with E-state index in [1.165, 1.54) is 17.3 Å². The molecular weight excluding hydrogens is 270 g/mol. The Morgan fingerprint density at radius 2 is 2.10 bits per heavy atom. The molecule has 3 nitrogen and oxygen atoms in total. The highest BCUT2D eigenvalue weighted by Gasteiger charge is 2.17. The quantitative estimate of drug-likeness (QED) is 0.749. The highest BCUT2D eigenvalue weighted by Crippen LogP contribution is 2.27. The van der Waals surface area contributed by atoms with E-state index >= 15 is 0 Å². The minimum atomic E-state index is -0.727. The summed E-state index contributed by atoms with van der Waals surface area (Å²) in [5.74, 6) is -0.727. The molecule has 20 heavy (non-hydrogen) atoms. The van der Waals surface area contributed by atoms with E-state index in [4.69, 9.17) is 0 Å². The van der Waals surface area contributed by atoms with Gasteiger partial charge in [0.05, 0.1) is 0 Å². The van der Waals surface area contributed by atoms with E-state index in [1.807, 2.05) is 19.1 Å². The van der Waals surface area contributed by atoms with Crippen molar-refractivity contribution < 1.29 is 9.90 Å². The molecule has 4 heteroatoms. The summed E-state index contributed by atoms with van der Waals surface area (Å²) in [6, 6.07) is 8.12. The minimum absolute atomic E-state index is 0.0783. The van der Waals surface area contributed by atoms with Crippen molar-refractivity contribution in [1.29, 1.82) is 0 Å². The highest BCUT2D eigenvalue weighted by molar-refractivity contribution is 8.00. The van der Waals surface area contributed by atoms with Crippen molar-refractivity contribution in [1.82, 2.24) is 5.32 Å². The Balaban J connectivity index is 2.69. The van der Waals surface area contributed by atoms with Crippen molar-refractivity contribution in [2.75, 3.05) is 0 Å². The number of hydrogen-bond donors (Lipinski definition) is 2. The van der Waals surface area contributed by atoms with Gasteiger partial charge in [-0.3, -0.25) is 4.79 Å². The van der Waals surface area contributed by atoms with Crippen molar-refractivity contribution in [3.05, 3.63) is 29.8 Å². The van der Waals surface area contributed by atoms with Crippen LogP contribution in [0.1, 0.15) is 46.1 Å². The van der Waals surface area contributed by atoms with E-state index in [9.17, 15) is 9.90 Å². The van der Waals surface area contributed by atoms with Gasteiger partial charge < -0.3 is 10.4 Å². The van der Waals surface area contributed by atoms with Gasteiger partial charge in [-0.15, -0.1) is 11.8 Å². The summed E-state index contributed by atoms with van der Waals surface area (Å²) in [6.07, 6.45) is 1.58. The lowest BCUT2D eigenvalue weighted by Gasteiger charge is -2.20. The van der Waals surface area contributed by atoms with Crippen LogP contribution in [0.5, 0.6) is 0 Å². The van der Waals surface area contributed by atoms with Gasteiger partial charge in [0.25, 0.3) is 0 Å². The number of benzene rings is 1. The molecule has 1 atom stereocenters. The lowest BCUT2D eigenvalue weighted by molar-refractivity contribution is -0.136. The molecule has 0 saturated carbocycles. The van der Waals surface area contributed by atoms with Crippen molar-refractivity contribution in [2.24, 2.45) is 0 Å². The van der Waals surface area contributed by atoms with Crippen LogP contribution in [0.3, 0.4) is 0 Å². The van der Waals surface area contributed by atoms with E-state index in [0.717, 1.165) is 17.9 Å². The fourth-order valence-electron chi connectivity index (χ4n) is 1.76. The zero-order valence-electron chi connectivity index (χ0n) is 12.8. The van der Waals surface area contributed by atoms with Gasteiger partial charge in [-0.1, -0.05) is 25.5 Å². The summed E-state index contributed by atoms with van der Waals surface area (Å²) < 4.78 is 0. The number of aliphatic carboxylic acids is 1. The monoisotopic (exact) mass is 295 g/mol. The summed E-state index contributed by atoms with van der Waals surface area (Å²) in [5, 5.41) is 12.3. The number of hydrogen-bond acceptors (Lipinski definition) is 3. The molecule has 0 saturated heterocycles. The van der Waals surface area contributed by atoms with Gasteiger partial charge in [-0.05, 0) is 44.9 Å². The van der Waals surface area contributed by atoms with E-state index in [1.54, 1.807) is 0 Å². The maximum Gasteiger partial charge on any atom is 0.316 e. The molecule has 112 valence electrons. The maximum absolute atomic E-state index is 11.2. The molecule has 1 unspecified atom stereocenters. The molecule has 0 spiro atoms. The van der Waals surface area contributed by atoms with Gasteiger partial charge in [-0.2, -0.15) is 0 Å². The Bertz CT molecular complexity index is 440. The summed E-state index contributed by atoms with van der Waals surface area (Å²) in [4.78, 5) is 12.2. The van der Waals surface area contributed by atoms with Crippen LogP contribution in [0.25, 0.3) is 0 Å². The third-order valence-corrected chi connectivity index (χ3v) is 4.07. The Labute approximate surface area is 126 Å². The predicted molar refractivity (Wildman–Crippen MR) is 85.2 cm³/mol. The van der Waals surface area contributed by atoms with Crippen molar-refractivity contribution in [2.45, 2.75) is 62.8 Å². The van der Waals surface area contributed by atoms with Gasteiger partial charge >= 0.3 is 5.97 Å². The van der Waals surface area contributed by atoms with Gasteiger partial charge in [0, 0.05) is 17.0 Å². The van der Waals surface area contributed by atoms with Gasteiger partial charge in [0.2, 0.25) is 0 Å². The molecule has 0 aliphatic rings. The van der Waals surface area contributed by atoms with Crippen LogP contribution in [-0.2, 0) is 11.3 Å². The predicted octanol–water partition coefficient (Wildman–Crippen LogP) is 3.92. The molecule has 0 aromatic heterocycles. The fourth-order valence-corrected chi connectivity index (χ4v) is 2.91. The standard InChI is InChI=1S/C16H25NO2S/c1-5-7-14(15(18)19)20-13-9-6-8-12(10-13)11-17-16(2,3)4/h6,8-10,14,17H,5,7,11H2,1-4H3,(H,18,19). The number of carboxylic acids is 1. The molecule has 2 N–H and O–H groups in total.